The van der Waals surface area contributed by atoms with Crippen molar-refractivity contribution in [3.05, 3.63) is 65.4 Å². The monoisotopic (exact) mass is 381 g/mol. The van der Waals surface area contributed by atoms with Gasteiger partial charge in [0.05, 0.1) is 12.1 Å². The van der Waals surface area contributed by atoms with Crippen molar-refractivity contribution in [3.63, 3.8) is 0 Å². The molecule has 3 aromatic rings. The Balaban J connectivity index is 1.53. The van der Waals surface area contributed by atoms with Crippen molar-refractivity contribution in [2.24, 2.45) is 0 Å². The van der Waals surface area contributed by atoms with E-state index in [1.165, 1.54) is 11.3 Å². The molecule has 0 spiro atoms. The van der Waals surface area contributed by atoms with E-state index in [2.05, 4.69) is 15.3 Å². The van der Waals surface area contributed by atoms with Crippen LogP contribution in [-0.2, 0) is 20.7 Å². The van der Waals surface area contributed by atoms with E-state index >= 15 is 0 Å². The Kier molecular flexibility index (Phi) is 5.93. The van der Waals surface area contributed by atoms with E-state index in [-0.39, 0.29) is 12.3 Å². The summed E-state index contributed by atoms with van der Waals surface area (Å²) in [6.45, 7) is 3.51. The van der Waals surface area contributed by atoms with Gasteiger partial charge in [-0.2, -0.15) is 0 Å². The molecule has 1 amide bonds. The van der Waals surface area contributed by atoms with Gasteiger partial charge < -0.3 is 10.1 Å². The second-order valence-corrected chi connectivity index (χ2v) is 6.91. The minimum atomic E-state index is -0.893. The number of thiazole rings is 1. The highest BCUT2D eigenvalue weighted by Gasteiger charge is 2.19. The third kappa shape index (κ3) is 5.21. The van der Waals surface area contributed by atoms with E-state index in [0.717, 1.165) is 16.1 Å². The molecule has 7 heteroatoms. The van der Waals surface area contributed by atoms with Crippen LogP contribution in [0.4, 0.5) is 5.69 Å². The maximum Gasteiger partial charge on any atom is 0.312 e. The van der Waals surface area contributed by atoms with Crippen molar-refractivity contribution >= 4 is 28.9 Å². The number of aromatic nitrogens is 2. The fourth-order valence-corrected chi connectivity index (χ4v) is 3.14. The van der Waals surface area contributed by atoms with Gasteiger partial charge in [-0.3, -0.25) is 14.6 Å². The first kappa shape index (κ1) is 18.7. The summed E-state index contributed by atoms with van der Waals surface area (Å²) >= 11 is 1.43. The molecule has 0 saturated heterocycles. The number of nitrogens with zero attached hydrogens (tertiary/aromatic N) is 2. The summed E-state index contributed by atoms with van der Waals surface area (Å²) in [5.74, 6) is -0.869. The maximum absolute atomic E-state index is 12.2. The van der Waals surface area contributed by atoms with Crippen LogP contribution in [0.3, 0.4) is 0 Å². The van der Waals surface area contributed by atoms with Crippen molar-refractivity contribution in [1.29, 1.82) is 0 Å². The largest absolute Gasteiger partial charge is 0.452 e. The van der Waals surface area contributed by atoms with Gasteiger partial charge >= 0.3 is 5.97 Å². The Labute approximate surface area is 161 Å². The zero-order valence-corrected chi connectivity index (χ0v) is 15.8. The van der Waals surface area contributed by atoms with Crippen LogP contribution in [0.25, 0.3) is 10.6 Å². The van der Waals surface area contributed by atoms with Crippen molar-refractivity contribution in [2.75, 3.05) is 5.32 Å². The summed E-state index contributed by atoms with van der Waals surface area (Å²) in [7, 11) is 0. The fraction of sp³-hybridized carbons (Fsp3) is 0.200. The summed E-state index contributed by atoms with van der Waals surface area (Å²) < 4.78 is 5.23. The quantitative estimate of drug-likeness (QED) is 0.660. The van der Waals surface area contributed by atoms with E-state index < -0.39 is 12.1 Å². The first-order valence-electron chi connectivity index (χ1n) is 8.43. The predicted molar refractivity (Wildman–Crippen MR) is 104 cm³/mol. The number of carbonyl (C=O) groups excluding carboxylic acids is 2. The molecule has 2 heterocycles. The number of carbonyl (C=O) groups is 2. The average molecular weight is 381 g/mol. The summed E-state index contributed by atoms with van der Waals surface area (Å²) in [6, 6.07) is 11.1. The van der Waals surface area contributed by atoms with E-state index in [4.69, 9.17) is 4.74 Å². The van der Waals surface area contributed by atoms with Gasteiger partial charge in [-0.05, 0) is 38.1 Å². The zero-order valence-electron chi connectivity index (χ0n) is 15.0. The van der Waals surface area contributed by atoms with Gasteiger partial charge in [-0.1, -0.05) is 17.7 Å². The van der Waals surface area contributed by atoms with Crippen molar-refractivity contribution in [3.8, 4) is 10.6 Å². The molecule has 27 heavy (non-hydrogen) atoms. The van der Waals surface area contributed by atoms with Crippen LogP contribution < -0.4 is 5.32 Å². The maximum atomic E-state index is 12.2. The lowest BCUT2D eigenvalue weighted by molar-refractivity contribution is -0.152. The number of hydrogen-bond acceptors (Lipinski definition) is 6. The smallest absolute Gasteiger partial charge is 0.312 e. The molecule has 1 aromatic carbocycles. The Morgan fingerprint density at radius 3 is 2.70 bits per heavy atom. The Morgan fingerprint density at radius 1 is 1.22 bits per heavy atom. The summed E-state index contributed by atoms with van der Waals surface area (Å²) in [5, 5.41) is 5.32. The number of amides is 1. The molecule has 2 aromatic heterocycles. The summed E-state index contributed by atoms with van der Waals surface area (Å²) in [4.78, 5) is 32.8. The van der Waals surface area contributed by atoms with Crippen LogP contribution in [0.1, 0.15) is 18.2 Å². The van der Waals surface area contributed by atoms with Crippen LogP contribution in [0, 0.1) is 6.92 Å². The molecule has 6 nitrogen and oxygen atoms in total. The highest BCUT2D eigenvalue weighted by molar-refractivity contribution is 7.13. The van der Waals surface area contributed by atoms with Crippen molar-refractivity contribution < 1.29 is 14.3 Å². The van der Waals surface area contributed by atoms with E-state index in [0.29, 0.717) is 11.4 Å². The van der Waals surface area contributed by atoms with Gasteiger partial charge in [-0.25, -0.2) is 4.98 Å². The van der Waals surface area contributed by atoms with Gasteiger partial charge in [0.1, 0.15) is 5.01 Å². The number of aryl methyl sites for hydroxylation is 1. The molecule has 138 valence electrons. The van der Waals surface area contributed by atoms with Crippen molar-refractivity contribution in [1.82, 2.24) is 9.97 Å². The van der Waals surface area contributed by atoms with E-state index in [1.807, 2.05) is 31.2 Å². The molecule has 0 unspecified atom stereocenters. The number of nitrogens with one attached hydrogen (secondary N) is 1. The second kappa shape index (κ2) is 8.55. The second-order valence-electron chi connectivity index (χ2n) is 6.05. The number of rotatable bonds is 6. The van der Waals surface area contributed by atoms with E-state index in [1.54, 1.807) is 36.8 Å². The molecular formula is C20H19N3O3S. The molecule has 0 fully saturated rings. The van der Waals surface area contributed by atoms with Crippen molar-refractivity contribution in [2.45, 2.75) is 26.4 Å². The number of hydrogen-bond donors (Lipinski definition) is 1. The van der Waals surface area contributed by atoms with Crippen LogP contribution >= 0.6 is 11.3 Å². The van der Waals surface area contributed by atoms with Crippen LogP contribution in [-0.4, -0.2) is 27.9 Å². The Bertz CT molecular complexity index is 923. The number of ether oxygens (including phenoxy) is 1. The average Bonchev–Trinajstić information content (AvgIpc) is 3.12. The van der Waals surface area contributed by atoms with Crippen LogP contribution in [0.2, 0.25) is 0 Å². The molecular weight excluding hydrogens is 362 g/mol. The molecule has 1 N–H and O–H groups in total. The van der Waals surface area contributed by atoms with Gasteiger partial charge in [0.2, 0.25) is 0 Å². The SMILES string of the molecule is Cc1ccc(NC(=O)[C@H](C)OC(=O)Cc2csc(-c3cccnc3)n2)cc1. The number of esters is 1. The molecule has 0 saturated carbocycles. The molecule has 3 rings (SSSR count). The first-order chi connectivity index (χ1) is 13.0. The summed E-state index contributed by atoms with van der Waals surface area (Å²) in [6.07, 6.45) is 2.53. The van der Waals surface area contributed by atoms with Gasteiger partial charge in [-0.15, -0.1) is 11.3 Å². The summed E-state index contributed by atoms with van der Waals surface area (Å²) in [5.41, 5.74) is 3.26. The highest BCUT2D eigenvalue weighted by Crippen LogP contribution is 2.23. The Hall–Kier alpha value is -3.06. The normalized spacial score (nSPS) is 11.6. The Morgan fingerprint density at radius 2 is 2.00 bits per heavy atom. The zero-order chi connectivity index (χ0) is 19.2. The topological polar surface area (TPSA) is 81.2 Å². The van der Waals surface area contributed by atoms with E-state index in [9.17, 15) is 9.59 Å². The predicted octanol–water partition coefficient (Wildman–Crippen LogP) is 3.63. The van der Waals surface area contributed by atoms with Crippen LogP contribution in [0.5, 0.6) is 0 Å². The van der Waals surface area contributed by atoms with Crippen LogP contribution in [0.15, 0.2) is 54.2 Å². The number of benzene rings is 1. The molecule has 0 aliphatic rings. The number of pyridine rings is 1. The molecule has 0 radical (unpaired) electrons. The minimum absolute atomic E-state index is 0.0128. The molecule has 0 aliphatic carbocycles. The first-order valence-corrected chi connectivity index (χ1v) is 9.31. The fourth-order valence-electron chi connectivity index (χ4n) is 2.33. The lowest BCUT2D eigenvalue weighted by atomic mass is 10.2. The molecule has 0 aliphatic heterocycles. The lowest BCUT2D eigenvalue weighted by Crippen LogP contribution is -2.30. The highest BCUT2D eigenvalue weighted by atomic mass is 32.1. The number of anilines is 1. The third-order valence-electron chi connectivity index (χ3n) is 3.78. The molecule has 0 bridgehead atoms. The van der Waals surface area contributed by atoms with Gasteiger partial charge in [0, 0.05) is 29.0 Å². The molecule has 1 atom stereocenters. The third-order valence-corrected chi connectivity index (χ3v) is 4.72. The standard InChI is InChI=1S/C20H19N3O3S/c1-13-5-7-16(8-6-13)22-19(25)14(2)26-18(24)10-17-12-27-20(23-17)15-4-3-9-21-11-15/h3-9,11-12,14H,10H2,1-2H3,(H,22,25)/t14-/m0/s1. The lowest BCUT2D eigenvalue weighted by Gasteiger charge is -2.13. The minimum Gasteiger partial charge on any atom is -0.452 e. The van der Waals surface area contributed by atoms with Gasteiger partial charge in [0.25, 0.3) is 5.91 Å². The van der Waals surface area contributed by atoms with Gasteiger partial charge in [0.15, 0.2) is 6.10 Å².